The molecule has 1 aromatic carbocycles. The quantitative estimate of drug-likeness (QED) is 0.474. The largest absolute Gasteiger partial charge is 0.416 e. The Labute approximate surface area is 166 Å². The van der Waals surface area contributed by atoms with Crippen molar-refractivity contribution in [3.8, 4) is 0 Å². The Kier molecular flexibility index (Phi) is 6.68. The van der Waals surface area contributed by atoms with E-state index in [-0.39, 0.29) is 12.2 Å². The number of rotatable bonds is 4. The molecule has 0 bridgehead atoms. The second kappa shape index (κ2) is 9.21. The van der Waals surface area contributed by atoms with Crippen molar-refractivity contribution >= 4 is 5.96 Å². The molecule has 1 unspecified atom stereocenters. The molecule has 0 aliphatic carbocycles. The van der Waals surface area contributed by atoms with Gasteiger partial charge in [-0.3, -0.25) is 4.98 Å². The molecule has 0 spiro atoms. The summed E-state index contributed by atoms with van der Waals surface area (Å²) < 4.78 is 58.6. The lowest BCUT2D eigenvalue weighted by atomic mass is 10.0. The minimum absolute atomic E-state index is 0.0561. The number of nitrogens with zero attached hydrogens (tertiary/aromatic N) is 3. The van der Waals surface area contributed by atoms with Crippen molar-refractivity contribution in [3.63, 3.8) is 0 Å². The van der Waals surface area contributed by atoms with E-state index in [1.165, 1.54) is 24.4 Å². The van der Waals surface area contributed by atoms with Gasteiger partial charge in [-0.25, -0.2) is 9.38 Å². The first-order chi connectivity index (χ1) is 13.9. The van der Waals surface area contributed by atoms with Gasteiger partial charge in [-0.1, -0.05) is 12.1 Å². The van der Waals surface area contributed by atoms with Gasteiger partial charge in [-0.2, -0.15) is 13.2 Å². The highest BCUT2D eigenvalue weighted by atomic mass is 19.4. The molecule has 1 atom stereocenters. The van der Waals surface area contributed by atoms with Crippen LogP contribution in [0.2, 0.25) is 0 Å². The summed E-state index contributed by atoms with van der Waals surface area (Å²) in [5, 5.41) is 3.14. The van der Waals surface area contributed by atoms with Gasteiger partial charge in [0.1, 0.15) is 11.9 Å². The van der Waals surface area contributed by atoms with E-state index in [1.54, 1.807) is 6.07 Å². The third-order valence-electron chi connectivity index (χ3n) is 4.50. The summed E-state index contributed by atoms with van der Waals surface area (Å²) in [7, 11) is 0. The number of hydrogen-bond donors (Lipinski definition) is 1. The van der Waals surface area contributed by atoms with Crippen LogP contribution in [-0.2, 0) is 17.5 Å². The van der Waals surface area contributed by atoms with Crippen LogP contribution in [0.15, 0.2) is 47.6 Å². The second-order valence-corrected chi connectivity index (χ2v) is 6.53. The Bertz CT molecular complexity index is 856. The zero-order chi connectivity index (χ0) is 20.9. The summed E-state index contributed by atoms with van der Waals surface area (Å²) in [5.41, 5.74) is -0.0244. The van der Waals surface area contributed by atoms with Crippen molar-refractivity contribution in [2.24, 2.45) is 4.99 Å². The van der Waals surface area contributed by atoms with Gasteiger partial charge in [0.25, 0.3) is 0 Å². The van der Waals surface area contributed by atoms with Gasteiger partial charge >= 0.3 is 6.18 Å². The first-order valence-electron chi connectivity index (χ1n) is 9.30. The van der Waals surface area contributed by atoms with Gasteiger partial charge in [-0.05, 0) is 36.8 Å². The van der Waals surface area contributed by atoms with Crippen LogP contribution in [0.5, 0.6) is 0 Å². The lowest BCUT2D eigenvalue weighted by Gasteiger charge is -2.35. The van der Waals surface area contributed by atoms with E-state index in [2.05, 4.69) is 15.3 Å². The molecule has 156 valence electrons. The number of hydrogen-bond acceptors (Lipinski definition) is 3. The van der Waals surface area contributed by atoms with Crippen LogP contribution < -0.4 is 5.32 Å². The first-order valence-corrected chi connectivity index (χ1v) is 9.30. The standard InChI is InChI=1S/C20H22F4N4O/c1-2-25-19(27-12-17-16(21)7-4-8-26-17)28-9-10-29-18(13-28)14-5-3-6-15(11-14)20(22,23)24/h3-8,11,18H,2,9-10,12-13H2,1H3,(H,25,27). The van der Waals surface area contributed by atoms with E-state index in [1.807, 2.05) is 11.8 Å². The predicted molar refractivity (Wildman–Crippen MR) is 101 cm³/mol. The lowest BCUT2D eigenvalue weighted by Crippen LogP contribution is -2.48. The molecule has 2 heterocycles. The summed E-state index contributed by atoms with van der Waals surface area (Å²) in [6.45, 7) is 3.74. The van der Waals surface area contributed by atoms with Gasteiger partial charge in [-0.15, -0.1) is 0 Å². The van der Waals surface area contributed by atoms with Crippen molar-refractivity contribution in [2.45, 2.75) is 25.7 Å². The summed E-state index contributed by atoms with van der Waals surface area (Å²) in [6.07, 6.45) is -3.44. The normalized spacial score (nSPS) is 18.0. The number of morpholine rings is 1. The van der Waals surface area contributed by atoms with Crippen LogP contribution in [0.25, 0.3) is 0 Å². The molecule has 2 aromatic rings. The molecule has 1 aromatic heterocycles. The molecule has 1 aliphatic rings. The number of nitrogens with one attached hydrogen (secondary N) is 1. The third-order valence-corrected chi connectivity index (χ3v) is 4.50. The number of alkyl halides is 3. The highest BCUT2D eigenvalue weighted by Crippen LogP contribution is 2.32. The van der Waals surface area contributed by atoms with E-state index in [0.29, 0.717) is 37.8 Å². The Morgan fingerprint density at radius 3 is 2.86 bits per heavy atom. The van der Waals surface area contributed by atoms with Crippen LogP contribution >= 0.6 is 0 Å². The Hall–Kier alpha value is -2.68. The highest BCUT2D eigenvalue weighted by Gasteiger charge is 2.32. The summed E-state index contributed by atoms with van der Waals surface area (Å²) in [6, 6.07) is 7.98. The SMILES string of the molecule is CCNC(=NCc1ncccc1F)N1CCOC(c2cccc(C(F)(F)F)c2)C1. The Balaban J connectivity index is 1.77. The molecule has 9 heteroatoms. The van der Waals surface area contributed by atoms with Gasteiger partial charge < -0.3 is 15.0 Å². The monoisotopic (exact) mass is 410 g/mol. The average molecular weight is 410 g/mol. The molecule has 1 aliphatic heterocycles. The lowest BCUT2D eigenvalue weighted by molar-refractivity contribution is -0.137. The number of halogens is 4. The number of ether oxygens (including phenoxy) is 1. The number of guanidine groups is 1. The Morgan fingerprint density at radius 1 is 1.31 bits per heavy atom. The minimum atomic E-state index is -4.41. The van der Waals surface area contributed by atoms with Crippen molar-refractivity contribution < 1.29 is 22.3 Å². The maximum absolute atomic E-state index is 13.8. The molecular weight excluding hydrogens is 388 g/mol. The summed E-state index contributed by atoms with van der Waals surface area (Å²) in [4.78, 5) is 10.3. The number of pyridine rings is 1. The van der Waals surface area contributed by atoms with Crippen molar-refractivity contribution in [2.75, 3.05) is 26.2 Å². The number of aromatic nitrogens is 1. The molecule has 1 saturated heterocycles. The molecule has 3 rings (SSSR count). The van der Waals surface area contributed by atoms with Gasteiger partial charge in [0.05, 0.1) is 31.0 Å². The molecule has 0 radical (unpaired) electrons. The molecule has 1 N–H and O–H groups in total. The van der Waals surface area contributed by atoms with Crippen LogP contribution in [0.4, 0.5) is 17.6 Å². The predicted octanol–water partition coefficient (Wildman–Crippen LogP) is 3.78. The van der Waals surface area contributed by atoms with E-state index < -0.39 is 23.7 Å². The molecular formula is C20H22F4N4O. The average Bonchev–Trinajstić information content (AvgIpc) is 2.72. The van der Waals surface area contributed by atoms with E-state index >= 15 is 0 Å². The smallest absolute Gasteiger partial charge is 0.370 e. The van der Waals surface area contributed by atoms with Crippen molar-refractivity contribution in [3.05, 3.63) is 65.2 Å². The molecule has 1 fully saturated rings. The van der Waals surface area contributed by atoms with Crippen LogP contribution in [0.1, 0.15) is 29.8 Å². The van der Waals surface area contributed by atoms with Gasteiger partial charge in [0.2, 0.25) is 0 Å². The van der Waals surface area contributed by atoms with Crippen molar-refractivity contribution in [1.29, 1.82) is 0 Å². The zero-order valence-corrected chi connectivity index (χ0v) is 15.9. The van der Waals surface area contributed by atoms with Gasteiger partial charge in [0, 0.05) is 19.3 Å². The second-order valence-electron chi connectivity index (χ2n) is 6.53. The fraction of sp³-hybridized carbons (Fsp3) is 0.400. The number of benzene rings is 1. The van der Waals surface area contributed by atoms with Crippen LogP contribution in [0.3, 0.4) is 0 Å². The Morgan fingerprint density at radius 2 is 2.14 bits per heavy atom. The summed E-state index contributed by atoms with van der Waals surface area (Å²) in [5.74, 6) is 0.105. The van der Waals surface area contributed by atoms with E-state index in [0.717, 1.165) is 12.1 Å². The maximum Gasteiger partial charge on any atom is 0.416 e. The topological polar surface area (TPSA) is 49.8 Å². The fourth-order valence-corrected chi connectivity index (χ4v) is 3.07. The number of aliphatic imine (C=N–C) groups is 1. The molecule has 0 amide bonds. The molecule has 0 saturated carbocycles. The van der Waals surface area contributed by atoms with E-state index in [9.17, 15) is 17.6 Å². The highest BCUT2D eigenvalue weighted by molar-refractivity contribution is 5.80. The maximum atomic E-state index is 13.8. The third kappa shape index (κ3) is 5.44. The fourth-order valence-electron chi connectivity index (χ4n) is 3.07. The zero-order valence-electron chi connectivity index (χ0n) is 15.9. The molecule has 29 heavy (non-hydrogen) atoms. The minimum Gasteiger partial charge on any atom is -0.370 e. The van der Waals surface area contributed by atoms with Gasteiger partial charge in [0.15, 0.2) is 5.96 Å². The summed E-state index contributed by atoms with van der Waals surface area (Å²) >= 11 is 0. The first kappa shape index (κ1) is 21.0. The van der Waals surface area contributed by atoms with Crippen molar-refractivity contribution in [1.82, 2.24) is 15.2 Å². The molecule has 5 nitrogen and oxygen atoms in total. The van der Waals surface area contributed by atoms with E-state index in [4.69, 9.17) is 4.74 Å². The van der Waals surface area contributed by atoms with Crippen LogP contribution in [0, 0.1) is 5.82 Å². The van der Waals surface area contributed by atoms with Crippen LogP contribution in [-0.4, -0.2) is 42.1 Å².